The first-order valence-corrected chi connectivity index (χ1v) is 6.16. The zero-order valence-corrected chi connectivity index (χ0v) is 10.9. The minimum absolute atomic E-state index is 0.794. The summed E-state index contributed by atoms with van der Waals surface area (Å²) in [6.07, 6.45) is 3.65. The van der Waals surface area contributed by atoms with E-state index in [0.717, 1.165) is 17.8 Å². The molecule has 0 aliphatic rings. The number of hydrogen-bond donors (Lipinski definition) is 1. The van der Waals surface area contributed by atoms with Crippen LogP contribution in [0, 0.1) is 19.8 Å². The van der Waals surface area contributed by atoms with Crippen molar-refractivity contribution in [2.75, 3.05) is 0 Å². The fourth-order valence-electron chi connectivity index (χ4n) is 2.09. The molecule has 1 atom stereocenters. The molecule has 0 unspecified atom stereocenters. The van der Waals surface area contributed by atoms with Crippen LogP contribution in [0.1, 0.15) is 43.4 Å². The molecule has 0 bridgehead atoms. The van der Waals surface area contributed by atoms with Crippen LogP contribution in [-0.2, 0) is 6.42 Å². The average molecular weight is 217 g/mol. The van der Waals surface area contributed by atoms with Crippen LogP contribution in [0.4, 0.5) is 0 Å². The van der Waals surface area contributed by atoms with Gasteiger partial charge in [-0.1, -0.05) is 37.9 Å². The van der Waals surface area contributed by atoms with E-state index in [-0.39, 0.29) is 0 Å². The van der Waals surface area contributed by atoms with Crippen LogP contribution in [0.25, 0.3) is 0 Å². The first-order chi connectivity index (χ1) is 7.58. The summed E-state index contributed by atoms with van der Waals surface area (Å²) < 4.78 is 0. The number of aryl methyl sites for hydroxylation is 2. The van der Waals surface area contributed by atoms with E-state index in [2.05, 4.69) is 39.8 Å². The van der Waals surface area contributed by atoms with Gasteiger partial charge < -0.3 is 5.02 Å². The molecule has 0 aromatic heterocycles. The molecule has 2 heteroatoms. The molecular weight excluding hydrogens is 195 g/mol. The lowest BCUT2D eigenvalue weighted by Gasteiger charge is -2.14. The molecule has 16 heavy (non-hydrogen) atoms. The Kier molecular flexibility index (Phi) is 5.07. The van der Waals surface area contributed by atoms with Crippen molar-refractivity contribution in [3.8, 4) is 0 Å². The van der Waals surface area contributed by atoms with Gasteiger partial charge in [0.1, 0.15) is 0 Å². The standard InChI is InChI=1S/C14H22BO/c1-5-10(2)6-7-14-11(3)8-13(15-16)9-12(14)4/h8-10,16H,5-7H2,1-4H3/t10-/m0/s1. The number of rotatable bonds is 5. The highest BCUT2D eigenvalue weighted by atomic mass is 16.2. The molecule has 0 spiro atoms. The van der Waals surface area contributed by atoms with Crippen LogP contribution >= 0.6 is 0 Å². The van der Waals surface area contributed by atoms with Crippen molar-refractivity contribution >= 4 is 12.9 Å². The maximum absolute atomic E-state index is 9.01. The summed E-state index contributed by atoms with van der Waals surface area (Å²) in [6.45, 7) is 8.81. The lowest BCUT2D eigenvalue weighted by molar-refractivity contribution is 0.515. The average Bonchev–Trinajstić information content (AvgIpc) is 2.27. The number of hydrogen-bond acceptors (Lipinski definition) is 1. The van der Waals surface area contributed by atoms with Gasteiger partial charge in [-0.05, 0) is 49.3 Å². The largest absolute Gasteiger partial charge is 0.450 e. The second-order valence-corrected chi connectivity index (χ2v) is 4.81. The van der Waals surface area contributed by atoms with Gasteiger partial charge in [-0.15, -0.1) is 0 Å². The van der Waals surface area contributed by atoms with Gasteiger partial charge in [0.2, 0.25) is 0 Å². The van der Waals surface area contributed by atoms with Crippen molar-refractivity contribution in [2.24, 2.45) is 5.92 Å². The summed E-state index contributed by atoms with van der Waals surface area (Å²) >= 11 is 0. The van der Waals surface area contributed by atoms with E-state index in [1.54, 1.807) is 0 Å². The smallest absolute Gasteiger partial charge is 0.326 e. The minimum atomic E-state index is 0.794. The third kappa shape index (κ3) is 3.38. The van der Waals surface area contributed by atoms with Crippen LogP contribution in [0.3, 0.4) is 0 Å². The molecule has 1 N–H and O–H groups in total. The van der Waals surface area contributed by atoms with E-state index in [1.807, 2.05) is 0 Å². The summed E-state index contributed by atoms with van der Waals surface area (Å²) in [5.74, 6) is 0.794. The lowest BCUT2D eigenvalue weighted by Crippen LogP contribution is -2.16. The molecule has 0 fully saturated rings. The van der Waals surface area contributed by atoms with Gasteiger partial charge in [-0.2, -0.15) is 0 Å². The first-order valence-electron chi connectivity index (χ1n) is 6.16. The molecule has 1 rings (SSSR count). The third-order valence-corrected chi connectivity index (χ3v) is 3.45. The predicted molar refractivity (Wildman–Crippen MR) is 71.3 cm³/mol. The van der Waals surface area contributed by atoms with Crippen LogP contribution in [0.15, 0.2) is 12.1 Å². The van der Waals surface area contributed by atoms with Crippen molar-refractivity contribution in [3.05, 3.63) is 28.8 Å². The quantitative estimate of drug-likeness (QED) is 0.751. The molecule has 1 aromatic carbocycles. The van der Waals surface area contributed by atoms with Crippen molar-refractivity contribution in [1.29, 1.82) is 0 Å². The van der Waals surface area contributed by atoms with Crippen LogP contribution < -0.4 is 5.46 Å². The van der Waals surface area contributed by atoms with E-state index in [9.17, 15) is 0 Å². The molecule has 0 heterocycles. The van der Waals surface area contributed by atoms with Gasteiger partial charge in [-0.25, -0.2) is 0 Å². The van der Waals surface area contributed by atoms with Gasteiger partial charge in [0, 0.05) is 0 Å². The topological polar surface area (TPSA) is 20.2 Å². The van der Waals surface area contributed by atoms with E-state index in [4.69, 9.17) is 5.02 Å². The summed E-state index contributed by atoms with van der Waals surface area (Å²) in [5, 5.41) is 9.01. The molecule has 1 radical (unpaired) electrons. The Balaban J connectivity index is 2.80. The Bertz CT molecular complexity index is 324. The summed E-state index contributed by atoms with van der Waals surface area (Å²) in [4.78, 5) is 0. The van der Waals surface area contributed by atoms with E-state index in [0.29, 0.717) is 0 Å². The van der Waals surface area contributed by atoms with E-state index < -0.39 is 0 Å². The zero-order valence-electron chi connectivity index (χ0n) is 10.9. The van der Waals surface area contributed by atoms with Gasteiger partial charge in [0.05, 0.1) is 0 Å². The third-order valence-electron chi connectivity index (χ3n) is 3.45. The summed E-state index contributed by atoms with van der Waals surface area (Å²) in [5.41, 5.74) is 4.94. The van der Waals surface area contributed by atoms with Gasteiger partial charge in [0.15, 0.2) is 0 Å². The zero-order chi connectivity index (χ0) is 12.1. The molecule has 87 valence electrons. The Labute approximate surface area is 100 Å². The monoisotopic (exact) mass is 217 g/mol. The highest BCUT2D eigenvalue weighted by Crippen LogP contribution is 2.18. The SMILES string of the molecule is CC[C@H](C)CCc1c(C)cc([B]O)cc1C. The molecule has 0 aliphatic carbocycles. The molecule has 0 aliphatic heterocycles. The minimum Gasteiger partial charge on any atom is -0.450 e. The first kappa shape index (κ1) is 13.3. The Morgan fingerprint density at radius 1 is 1.25 bits per heavy atom. The van der Waals surface area contributed by atoms with Gasteiger partial charge >= 0.3 is 7.48 Å². The second kappa shape index (κ2) is 6.10. The van der Waals surface area contributed by atoms with Crippen molar-refractivity contribution in [3.63, 3.8) is 0 Å². The Hall–Kier alpha value is -0.755. The van der Waals surface area contributed by atoms with E-state index in [1.165, 1.54) is 37.0 Å². The summed E-state index contributed by atoms with van der Waals surface area (Å²) in [6, 6.07) is 4.11. The van der Waals surface area contributed by atoms with Gasteiger partial charge in [0.25, 0.3) is 0 Å². The van der Waals surface area contributed by atoms with Crippen LogP contribution in [0.2, 0.25) is 0 Å². The maximum Gasteiger partial charge on any atom is 0.326 e. The van der Waals surface area contributed by atoms with Crippen molar-refractivity contribution in [1.82, 2.24) is 0 Å². The molecule has 1 aromatic rings. The Morgan fingerprint density at radius 3 is 2.25 bits per heavy atom. The van der Waals surface area contributed by atoms with Crippen LogP contribution in [-0.4, -0.2) is 12.5 Å². The Morgan fingerprint density at radius 2 is 1.81 bits per heavy atom. The second-order valence-electron chi connectivity index (χ2n) is 4.81. The normalized spacial score (nSPS) is 12.6. The highest BCUT2D eigenvalue weighted by molar-refractivity contribution is 6.45. The maximum atomic E-state index is 9.01. The molecule has 0 saturated carbocycles. The van der Waals surface area contributed by atoms with Crippen molar-refractivity contribution in [2.45, 2.75) is 47.0 Å². The highest BCUT2D eigenvalue weighted by Gasteiger charge is 2.07. The van der Waals surface area contributed by atoms with E-state index >= 15 is 0 Å². The fraction of sp³-hybridized carbons (Fsp3) is 0.571. The summed E-state index contributed by atoms with van der Waals surface area (Å²) in [7, 11) is 1.18. The molecule has 1 nitrogen and oxygen atoms in total. The number of benzene rings is 1. The van der Waals surface area contributed by atoms with Crippen LogP contribution in [0.5, 0.6) is 0 Å². The van der Waals surface area contributed by atoms with Crippen molar-refractivity contribution < 1.29 is 5.02 Å². The predicted octanol–water partition coefficient (Wildman–Crippen LogP) is 2.52. The van der Waals surface area contributed by atoms with Gasteiger partial charge in [-0.3, -0.25) is 0 Å². The lowest BCUT2D eigenvalue weighted by atomic mass is 9.83. The molecular formula is C14H22BO. The molecule has 0 saturated heterocycles. The molecule has 0 amide bonds. The fourth-order valence-corrected chi connectivity index (χ4v) is 2.09.